The van der Waals surface area contributed by atoms with E-state index < -0.39 is 0 Å². The van der Waals surface area contributed by atoms with Crippen molar-refractivity contribution in [3.63, 3.8) is 0 Å². The van der Waals surface area contributed by atoms with Crippen LogP contribution in [0, 0.1) is 11.7 Å². The predicted octanol–water partition coefficient (Wildman–Crippen LogP) is 2.80. The van der Waals surface area contributed by atoms with Crippen molar-refractivity contribution in [2.75, 3.05) is 38.1 Å². The van der Waals surface area contributed by atoms with Gasteiger partial charge >= 0.3 is 0 Å². The molecule has 30 heavy (non-hydrogen) atoms. The minimum Gasteiger partial charge on any atom is -0.297 e. The Bertz CT molecular complexity index is 1040. The molecule has 0 spiro atoms. The fraction of sp³-hybridized carbons (Fsp3) is 0.318. The molecule has 1 fully saturated rings. The van der Waals surface area contributed by atoms with Crippen LogP contribution in [0.3, 0.4) is 0 Å². The summed E-state index contributed by atoms with van der Waals surface area (Å²) in [7, 11) is 0. The van der Waals surface area contributed by atoms with Crippen LogP contribution in [0.4, 0.5) is 0 Å². The van der Waals surface area contributed by atoms with Crippen LogP contribution in [0.2, 0.25) is 0 Å². The molecule has 2 aromatic carbocycles. The van der Waals surface area contributed by atoms with Crippen molar-refractivity contribution >= 4 is 18.1 Å². The number of piperazine rings is 1. The average molecular weight is 423 g/mol. The molecule has 0 aliphatic carbocycles. The smallest absolute Gasteiger partial charge is 0.253 e. The van der Waals surface area contributed by atoms with Crippen LogP contribution in [0.15, 0.2) is 54.6 Å². The molecule has 0 atom stereocenters. The SMILES string of the molecule is Cc1ccc(-c2n[nH]c(=S)n2NC(=O)CN2CCN(Cc3ccccc3)CC2)cc1. The van der Waals surface area contributed by atoms with Gasteiger partial charge in [-0.05, 0) is 24.7 Å². The van der Waals surface area contributed by atoms with Gasteiger partial charge in [0.05, 0.1) is 6.54 Å². The van der Waals surface area contributed by atoms with Crippen molar-refractivity contribution in [2.45, 2.75) is 13.5 Å². The van der Waals surface area contributed by atoms with Gasteiger partial charge < -0.3 is 0 Å². The lowest BCUT2D eigenvalue weighted by Gasteiger charge is -2.34. The Hall–Kier alpha value is -2.81. The predicted molar refractivity (Wildman–Crippen MR) is 120 cm³/mol. The molecule has 8 heteroatoms. The number of nitrogens with zero attached hydrogens (tertiary/aromatic N) is 4. The second kappa shape index (κ2) is 9.34. The van der Waals surface area contributed by atoms with Gasteiger partial charge in [0, 0.05) is 38.3 Å². The van der Waals surface area contributed by atoms with Crippen LogP contribution in [0.1, 0.15) is 11.1 Å². The number of hydrogen-bond donors (Lipinski definition) is 2. The van der Waals surface area contributed by atoms with Crippen LogP contribution in [0.5, 0.6) is 0 Å². The number of hydrogen-bond acceptors (Lipinski definition) is 5. The van der Waals surface area contributed by atoms with Crippen molar-refractivity contribution in [2.24, 2.45) is 0 Å². The van der Waals surface area contributed by atoms with E-state index in [-0.39, 0.29) is 5.91 Å². The summed E-state index contributed by atoms with van der Waals surface area (Å²) < 4.78 is 1.92. The first-order chi connectivity index (χ1) is 14.6. The van der Waals surface area contributed by atoms with Gasteiger partial charge in [0.15, 0.2) is 5.82 Å². The summed E-state index contributed by atoms with van der Waals surface area (Å²) in [5.41, 5.74) is 6.27. The molecule has 1 aliphatic heterocycles. The van der Waals surface area contributed by atoms with Crippen molar-refractivity contribution < 1.29 is 4.79 Å². The van der Waals surface area contributed by atoms with Crippen LogP contribution >= 0.6 is 12.2 Å². The van der Waals surface area contributed by atoms with Crippen molar-refractivity contribution in [1.29, 1.82) is 0 Å². The maximum absolute atomic E-state index is 12.7. The Balaban J connectivity index is 1.32. The quantitative estimate of drug-likeness (QED) is 0.598. The van der Waals surface area contributed by atoms with Gasteiger partial charge in [-0.25, -0.2) is 9.77 Å². The van der Waals surface area contributed by atoms with Gasteiger partial charge in [-0.3, -0.25) is 20.0 Å². The Kier molecular flexibility index (Phi) is 6.37. The summed E-state index contributed by atoms with van der Waals surface area (Å²) >= 11 is 5.31. The maximum Gasteiger partial charge on any atom is 0.253 e. The molecule has 156 valence electrons. The number of H-pyrrole nitrogens is 1. The first-order valence-corrected chi connectivity index (χ1v) is 10.5. The second-order valence-corrected chi connectivity index (χ2v) is 8.01. The van der Waals surface area contributed by atoms with Gasteiger partial charge in [-0.1, -0.05) is 60.2 Å². The lowest BCUT2D eigenvalue weighted by atomic mass is 10.1. The summed E-state index contributed by atoms with van der Waals surface area (Å²) in [6.07, 6.45) is 0. The second-order valence-electron chi connectivity index (χ2n) is 7.63. The lowest BCUT2D eigenvalue weighted by molar-refractivity contribution is -0.118. The van der Waals surface area contributed by atoms with E-state index in [0.29, 0.717) is 17.1 Å². The highest BCUT2D eigenvalue weighted by Crippen LogP contribution is 2.17. The number of rotatable bonds is 6. The number of aromatic nitrogens is 3. The van der Waals surface area contributed by atoms with Crippen LogP contribution < -0.4 is 5.43 Å². The fourth-order valence-electron chi connectivity index (χ4n) is 3.61. The fourth-order valence-corrected chi connectivity index (χ4v) is 3.79. The number of nitrogens with one attached hydrogen (secondary N) is 2. The van der Waals surface area contributed by atoms with Crippen molar-refractivity contribution in [1.82, 2.24) is 24.7 Å². The van der Waals surface area contributed by atoms with Crippen LogP contribution in [-0.4, -0.2) is 63.3 Å². The molecular weight excluding hydrogens is 396 g/mol. The molecule has 2 N–H and O–H groups in total. The molecular formula is C22H26N6OS. The summed E-state index contributed by atoms with van der Waals surface area (Å²) in [6.45, 7) is 6.93. The minimum atomic E-state index is -0.0997. The van der Waals surface area contributed by atoms with E-state index in [1.807, 2.05) is 37.3 Å². The largest absolute Gasteiger partial charge is 0.297 e. The zero-order chi connectivity index (χ0) is 20.9. The molecule has 1 amide bonds. The number of aromatic amines is 1. The number of amides is 1. The summed E-state index contributed by atoms with van der Waals surface area (Å²) in [5, 5.41) is 7.05. The van der Waals surface area contributed by atoms with E-state index in [9.17, 15) is 4.79 Å². The Morgan fingerprint density at radius 3 is 2.40 bits per heavy atom. The number of aryl methyl sites for hydroxylation is 1. The zero-order valence-corrected chi connectivity index (χ0v) is 17.9. The van der Waals surface area contributed by atoms with E-state index in [4.69, 9.17) is 12.2 Å². The number of carbonyl (C=O) groups excluding carboxylic acids is 1. The summed E-state index contributed by atoms with van der Waals surface area (Å²) in [6, 6.07) is 18.4. The van der Waals surface area contributed by atoms with E-state index in [1.165, 1.54) is 5.56 Å². The van der Waals surface area contributed by atoms with Gasteiger partial charge in [0.2, 0.25) is 4.77 Å². The maximum atomic E-state index is 12.7. The van der Waals surface area contributed by atoms with Crippen molar-refractivity contribution in [3.8, 4) is 11.4 Å². The van der Waals surface area contributed by atoms with E-state index in [2.05, 4.69) is 49.7 Å². The van der Waals surface area contributed by atoms with Gasteiger partial charge in [-0.15, -0.1) is 0 Å². The number of carbonyl (C=O) groups is 1. The first-order valence-electron chi connectivity index (χ1n) is 10.1. The van der Waals surface area contributed by atoms with Crippen LogP contribution in [-0.2, 0) is 11.3 Å². The molecule has 0 unspecified atom stereocenters. The lowest BCUT2D eigenvalue weighted by Crippen LogP contribution is -2.48. The molecule has 0 radical (unpaired) electrons. The Morgan fingerprint density at radius 1 is 1.03 bits per heavy atom. The van der Waals surface area contributed by atoms with Crippen molar-refractivity contribution in [3.05, 3.63) is 70.5 Å². The summed E-state index contributed by atoms with van der Waals surface area (Å²) in [4.78, 5) is 17.3. The monoisotopic (exact) mass is 422 g/mol. The molecule has 2 heterocycles. The zero-order valence-electron chi connectivity index (χ0n) is 17.0. The highest BCUT2D eigenvalue weighted by atomic mass is 32.1. The number of benzene rings is 2. The molecule has 3 aromatic rings. The summed E-state index contributed by atoms with van der Waals surface area (Å²) in [5.74, 6) is 0.499. The third-order valence-electron chi connectivity index (χ3n) is 5.30. The molecule has 1 aliphatic rings. The average Bonchev–Trinajstić information content (AvgIpc) is 3.11. The van der Waals surface area contributed by atoms with Gasteiger partial charge in [0.25, 0.3) is 5.91 Å². The molecule has 0 saturated carbocycles. The van der Waals surface area contributed by atoms with Crippen LogP contribution in [0.25, 0.3) is 11.4 Å². The molecule has 7 nitrogen and oxygen atoms in total. The van der Waals surface area contributed by atoms with Gasteiger partial charge in [0.1, 0.15) is 0 Å². The van der Waals surface area contributed by atoms with E-state index in [0.717, 1.165) is 43.9 Å². The van der Waals surface area contributed by atoms with E-state index in [1.54, 1.807) is 4.68 Å². The third kappa shape index (κ3) is 5.02. The Morgan fingerprint density at radius 2 is 1.70 bits per heavy atom. The highest BCUT2D eigenvalue weighted by molar-refractivity contribution is 7.71. The Labute approximate surface area is 181 Å². The normalized spacial score (nSPS) is 15.2. The highest BCUT2D eigenvalue weighted by Gasteiger charge is 2.20. The topological polar surface area (TPSA) is 69.2 Å². The molecule has 0 bridgehead atoms. The van der Waals surface area contributed by atoms with E-state index >= 15 is 0 Å². The standard InChI is InChI=1S/C22H26N6OS/c1-17-7-9-19(10-8-17)21-23-24-22(30)28(21)25-20(29)16-27-13-11-26(12-14-27)15-18-5-3-2-4-6-18/h2-10H,11-16H2,1H3,(H,24,30)(H,25,29). The molecule has 4 rings (SSSR count). The van der Waals surface area contributed by atoms with Gasteiger partial charge in [-0.2, -0.15) is 5.10 Å². The first kappa shape index (κ1) is 20.5. The third-order valence-corrected chi connectivity index (χ3v) is 5.57. The minimum absolute atomic E-state index is 0.0997. The molecule has 1 saturated heterocycles. The molecule has 1 aromatic heterocycles.